The molecule has 0 bridgehead atoms. The number of hydrogen-bond acceptors (Lipinski definition) is 2. The zero-order valence-electron chi connectivity index (χ0n) is 12.5. The summed E-state index contributed by atoms with van der Waals surface area (Å²) in [6.45, 7) is 3.38. The molecule has 20 heavy (non-hydrogen) atoms. The van der Waals surface area contributed by atoms with Crippen LogP contribution in [0.25, 0.3) is 0 Å². The van der Waals surface area contributed by atoms with Crippen LogP contribution in [-0.4, -0.2) is 23.3 Å². The van der Waals surface area contributed by atoms with Crippen LogP contribution in [0.4, 0.5) is 0 Å². The second kappa shape index (κ2) is 5.87. The van der Waals surface area contributed by atoms with Gasteiger partial charge < -0.3 is 10.4 Å². The van der Waals surface area contributed by atoms with Crippen LogP contribution < -0.4 is 5.32 Å². The average molecular weight is 273 g/mol. The molecule has 2 N–H and O–H groups in total. The molecule has 2 unspecified atom stereocenters. The summed E-state index contributed by atoms with van der Waals surface area (Å²) >= 11 is 0. The summed E-state index contributed by atoms with van der Waals surface area (Å²) < 4.78 is 0. The van der Waals surface area contributed by atoms with Gasteiger partial charge in [-0.15, -0.1) is 0 Å². The third-order valence-corrected chi connectivity index (χ3v) is 5.44. The molecular weight excluding hydrogens is 246 g/mol. The van der Waals surface area contributed by atoms with E-state index in [2.05, 4.69) is 42.6 Å². The van der Waals surface area contributed by atoms with Crippen molar-refractivity contribution in [3.8, 4) is 0 Å². The fourth-order valence-corrected chi connectivity index (χ4v) is 4.04. The average Bonchev–Trinajstić information content (AvgIpc) is 2.49. The van der Waals surface area contributed by atoms with Crippen molar-refractivity contribution >= 4 is 0 Å². The van der Waals surface area contributed by atoms with Gasteiger partial charge in [0, 0.05) is 6.04 Å². The molecule has 0 radical (unpaired) electrons. The van der Waals surface area contributed by atoms with Gasteiger partial charge >= 0.3 is 0 Å². The first kappa shape index (κ1) is 14.1. The van der Waals surface area contributed by atoms with Gasteiger partial charge in [0.05, 0.1) is 5.60 Å². The van der Waals surface area contributed by atoms with Crippen LogP contribution in [0.5, 0.6) is 0 Å². The van der Waals surface area contributed by atoms with E-state index < -0.39 is 5.60 Å². The van der Waals surface area contributed by atoms with Crippen molar-refractivity contribution in [3.05, 3.63) is 35.9 Å². The molecule has 3 rings (SSSR count). The van der Waals surface area contributed by atoms with Gasteiger partial charge in [0.2, 0.25) is 0 Å². The molecule has 2 aliphatic rings. The van der Waals surface area contributed by atoms with E-state index in [1.54, 1.807) is 0 Å². The highest BCUT2D eigenvalue weighted by Gasteiger charge is 2.41. The van der Waals surface area contributed by atoms with Gasteiger partial charge in [0.25, 0.3) is 0 Å². The molecule has 110 valence electrons. The van der Waals surface area contributed by atoms with Crippen LogP contribution in [0.3, 0.4) is 0 Å². The van der Waals surface area contributed by atoms with Crippen LogP contribution in [0.2, 0.25) is 0 Å². The van der Waals surface area contributed by atoms with Gasteiger partial charge in [-0.1, -0.05) is 37.3 Å². The molecule has 0 spiro atoms. The van der Waals surface area contributed by atoms with Crippen LogP contribution in [-0.2, 0) is 0 Å². The van der Waals surface area contributed by atoms with Gasteiger partial charge in [-0.25, -0.2) is 0 Å². The Bertz CT molecular complexity index is 422. The first-order valence-electron chi connectivity index (χ1n) is 8.18. The zero-order valence-corrected chi connectivity index (χ0v) is 12.5. The van der Waals surface area contributed by atoms with Gasteiger partial charge in [0.15, 0.2) is 0 Å². The Morgan fingerprint density at radius 2 is 1.80 bits per heavy atom. The molecule has 1 heterocycles. The topological polar surface area (TPSA) is 32.3 Å². The lowest BCUT2D eigenvalue weighted by molar-refractivity contribution is -0.0462. The van der Waals surface area contributed by atoms with Crippen molar-refractivity contribution in [1.82, 2.24) is 5.32 Å². The smallest absolute Gasteiger partial charge is 0.0800 e. The molecular formula is C18H27NO. The largest absolute Gasteiger partial charge is 0.388 e. The minimum atomic E-state index is -0.472. The summed E-state index contributed by atoms with van der Waals surface area (Å²) in [5.41, 5.74) is 0.972. The Kier molecular flexibility index (Phi) is 4.13. The van der Waals surface area contributed by atoms with E-state index in [0.29, 0.717) is 12.0 Å². The highest BCUT2D eigenvalue weighted by molar-refractivity contribution is 5.20. The second-order valence-corrected chi connectivity index (χ2v) is 6.92. The predicted octanol–water partition coefficient (Wildman–Crippen LogP) is 3.46. The summed E-state index contributed by atoms with van der Waals surface area (Å²) in [5.74, 6) is 1.38. The SMILES string of the molecule is CC1CCNC(C2(O)CCC(c3ccccc3)CC2)C1. The number of aliphatic hydroxyl groups is 1. The Hall–Kier alpha value is -0.860. The fourth-order valence-electron chi connectivity index (χ4n) is 4.04. The minimum absolute atomic E-state index is 0.308. The monoisotopic (exact) mass is 273 g/mol. The van der Waals surface area contributed by atoms with E-state index >= 15 is 0 Å². The number of benzene rings is 1. The van der Waals surface area contributed by atoms with Crippen molar-refractivity contribution in [2.24, 2.45) is 5.92 Å². The van der Waals surface area contributed by atoms with Crippen LogP contribution >= 0.6 is 0 Å². The first-order valence-corrected chi connectivity index (χ1v) is 8.18. The summed E-state index contributed by atoms with van der Waals surface area (Å²) in [4.78, 5) is 0. The van der Waals surface area contributed by atoms with Crippen molar-refractivity contribution in [3.63, 3.8) is 0 Å². The van der Waals surface area contributed by atoms with E-state index in [1.807, 2.05) is 0 Å². The predicted molar refractivity (Wildman–Crippen MR) is 82.8 cm³/mol. The molecule has 1 saturated heterocycles. The van der Waals surface area contributed by atoms with E-state index in [4.69, 9.17) is 0 Å². The molecule has 0 amide bonds. The Labute approximate surface area is 122 Å². The first-order chi connectivity index (χ1) is 9.67. The standard InChI is InChI=1S/C18H27NO/c1-14-9-12-19-17(13-14)18(20)10-7-16(8-11-18)15-5-3-2-4-6-15/h2-6,14,16-17,19-20H,7-13H2,1H3. The Morgan fingerprint density at radius 1 is 1.10 bits per heavy atom. The zero-order chi connectivity index (χ0) is 14.0. The fraction of sp³-hybridized carbons (Fsp3) is 0.667. The van der Waals surface area contributed by atoms with Gasteiger partial charge in [-0.3, -0.25) is 0 Å². The maximum atomic E-state index is 11.0. The minimum Gasteiger partial charge on any atom is -0.388 e. The third-order valence-electron chi connectivity index (χ3n) is 5.44. The summed E-state index contributed by atoms with van der Waals surface area (Å²) in [5, 5.41) is 14.6. The van der Waals surface area contributed by atoms with Crippen molar-refractivity contribution < 1.29 is 5.11 Å². The molecule has 2 heteroatoms. The molecule has 1 saturated carbocycles. The van der Waals surface area contributed by atoms with Crippen molar-refractivity contribution in [1.29, 1.82) is 0 Å². The van der Waals surface area contributed by atoms with Crippen LogP contribution in [0.1, 0.15) is 56.9 Å². The van der Waals surface area contributed by atoms with Crippen LogP contribution in [0, 0.1) is 5.92 Å². The van der Waals surface area contributed by atoms with Gasteiger partial charge in [-0.2, -0.15) is 0 Å². The lowest BCUT2D eigenvalue weighted by Gasteiger charge is -2.45. The lowest BCUT2D eigenvalue weighted by Crippen LogP contribution is -2.55. The maximum Gasteiger partial charge on any atom is 0.0800 e. The molecule has 1 aliphatic heterocycles. The van der Waals surface area contributed by atoms with Crippen molar-refractivity contribution in [2.75, 3.05) is 6.54 Å². The molecule has 2 nitrogen and oxygen atoms in total. The summed E-state index contributed by atoms with van der Waals surface area (Å²) in [7, 11) is 0. The van der Waals surface area contributed by atoms with E-state index in [0.717, 1.165) is 44.6 Å². The highest BCUT2D eigenvalue weighted by atomic mass is 16.3. The number of nitrogens with one attached hydrogen (secondary N) is 1. The molecule has 2 atom stereocenters. The Morgan fingerprint density at radius 3 is 2.45 bits per heavy atom. The molecule has 0 aromatic heterocycles. The number of hydrogen-bond donors (Lipinski definition) is 2. The maximum absolute atomic E-state index is 11.0. The van der Waals surface area contributed by atoms with Gasteiger partial charge in [0.1, 0.15) is 0 Å². The summed E-state index contributed by atoms with van der Waals surface area (Å²) in [6.07, 6.45) is 6.50. The highest BCUT2D eigenvalue weighted by Crippen LogP contribution is 2.41. The van der Waals surface area contributed by atoms with Gasteiger partial charge in [-0.05, 0) is 62.5 Å². The Balaban J connectivity index is 1.62. The number of piperidine rings is 1. The van der Waals surface area contributed by atoms with Crippen LogP contribution in [0.15, 0.2) is 30.3 Å². The number of rotatable bonds is 2. The molecule has 1 aromatic carbocycles. The van der Waals surface area contributed by atoms with Crippen molar-refractivity contribution in [2.45, 2.75) is 63.0 Å². The quantitative estimate of drug-likeness (QED) is 0.865. The third kappa shape index (κ3) is 2.91. The lowest BCUT2D eigenvalue weighted by atomic mass is 9.70. The second-order valence-electron chi connectivity index (χ2n) is 6.92. The molecule has 1 aromatic rings. The summed E-state index contributed by atoms with van der Waals surface area (Å²) in [6, 6.07) is 11.1. The van der Waals surface area contributed by atoms with E-state index in [1.165, 1.54) is 12.0 Å². The normalized spacial score (nSPS) is 38.6. The molecule has 1 aliphatic carbocycles. The van der Waals surface area contributed by atoms with E-state index in [9.17, 15) is 5.11 Å². The van der Waals surface area contributed by atoms with E-state index in [-0.39, 0.29) is 0 Å². The molecule has 2 fully saturated rings.